The molecule has 17 heavy (non-hydrogen) atoms. The molecule has 0 heterocycles. The summed E-state index contributed by atoms with van der Waals surface area (Å²) in [6.07, 6.45) is 8.67. The normalized spacial score (nSPS) is 30.8. The summed E-state index contributed by atoms with van der Waals surface area (Å²) in [7, 11) is 0. The number of fused-ring (bicyclic) bond motifs is 2. The Hall–Kier alpha value is -0.530. The van der Waals surface area contributed by atoms with E-state index in [-0.39, 0.29) is 0 Å². The quantitative estimate of drug-likeness (QED) is 0.693. The van der Waals surface area contributed by atoms with Gasteiger partial charge < -0.3 is 4.90 Å². The minimum atomic E-state index is 0.386. The number of amides is 1. The highest BCUT2D eigenvalue weighted by Crippen LogP contribution is 2.48. The molecule has 3 unspecified atom stereocenters. The maximum Gasteiger partial charge on any atom is 0.225 e. The van der Waals surface area contributed by atoms with Gasteiger partial charge in [-0.2, -0.15) is 0 Å². The number of hydrogen-bond acceptors (Lipinski definition) is 1. The van der Waals surface area contributed by atoms with Gasteiger partial charge in [0.15, 0.2) is 0 Å². The molecule has 0 aromatic carbocycles. The zero-order valence-electron chi connectivity index (χ0n) is 11.5. The van der Waals surface area contributed by atoms with Crippen LogP contribution in [0.25, 0.3) is 0 Å². The number of carbonyl (C=O) groups is 1. The zero-order valence-corrected chi connectivity index (χ0v) is 11.5. The molecular weight excluding hydrogens is 210 g/mol. The Bertz CT molecular complexity index is 264. The van der Waals surface area contributed by atoms with E-state index in [9.17, 15) is 4.79 Å². The van der Waals surface area contributed by atoms with E-state index in [1.807, 2.05) is 0 Å². The zero-order chi connectivity index (χ0) is 12.3. The SMILES string of the molecule is CCCCN(CCC)C(=O)C1CC2CCC1C2. The number of hydrogen-bond donors (Lipinski definition) is 0. The van der Waals surface area contributed by atoms with Crippen molar-refractivity contribution < 1.29 is 4.79 Å². The fourth-order valence-corrected chi connectivity index (χ4v) is 3.73. The molecule has 2 aliphatic rings. The Kier molecular flexibility index (Phi) is 4.47. The van der Waals surface area contributed by atoms with Crippen LogP contribution in [0.4, 0.5) is 0 Å². The summed E-state index contributed by atoms with van der Waals surface area (Å²) in [5.74, 6) is 2.47. The van der Waals surface area contributed by atoms with E-state index < -0.39 is 0 Å². The van der Waals surface area contributed by atoms with Crippen LogP contribution in [0.3, 0.4) is 0 Å². The number of carbonyl (C=O) groups excluding carboxylic acids is 1. The molecule has 1 amide bonds. The molecule has 0 aliphatic heterocycles. The smallest absolute Gasteiger partial charge is 0.225 e. The first-order chi connectivity index (χ1) is 8.26. The molecule has 2 rings (SSSR count). The minimum absolute atomic E-state index is 0.386. The molecule has 0 saturated heterocycles. The second-order valence-electron chi connectivity index (χ2n) is 5.96. The summed E-state index contributed by atoms with van der Waals surface area (Å²) in [4.78, 5) is 14.7. The van der Waals surface area contributed by atoms with Crippen LogP contribution in [0.5, 0.6) is 0 Å². The number of unbranched alkanes of at least 4 members (excludes halogenated alkanes) is 1. The molecule has 3 atom stereocenters. The van der Waals surface area contributed by atoms with E-state index in [0.717, 1.165) is 37.8 Å². The lowest BCUT2D eigenvalue weighted by Gasteiger charge is -2.29. The average molecular weight is 237 g/mol. The summed E-state index contributed by atoms with van der Waals surface area (Å²) in [6.45, 7) is 6.32. The molecule has 0 radical (unpaired) electrons. The van der Waals surface area contributed by atoms with Gasteiger partial charge in [-0.1, -0.05) is 26.7 Å². The van der Waals surface area contributed by atoms with Crippen molar-refractivity contribution in [3.8, 4) is 0 Å². The molecule has 0 N–H and O–H groups in total. The lowest BCUT2D eigenvalue weighted by Crippen LogP contribution is -2.39. The van der Waals surface area contributed by atoms with E-state index in [2.05, 4.69) is 18.7 Å². The molecule has 2 heteroatoms. The van der Waals surface area contributed by atoms with Crippen molar-refractivity contribution in [2.75, 3.05) is 13.1 Å². The van der Waals surface area contributed by atoms with Gasteiger partial charge in [0.1, 0.15) is 0 Å². The highest BCUT2D eigenvalue weighted by atomic mass is 16.2. The van der Waals surface area contributed by atoms with Crippen molar-refractivity contribution in [1.82, 2.24) is 4.90 Å². The third kappa shape index (κ3) is 2.83. The van der Waals surface area contributed by atoms with Gasteiger partial charge in [-0.15, -0.1) is 0 Å². The van der Waals surface area contributed by atoms with Crippen molar-refractivity contribution in [2.45, 2.75) is 58.8 Å². The van der Waals surface area contributed by atoms with Crippen molar-refractivity contribution in [1.29, 1.82) is 0 Å². The largest absolute Gasteiger partial charge is 0.342 e. The molecule has 2 bridgehead atoms. The Balaban J connectivity index is 1.91. The average Bonchev–Trinajstić information content (AvgIpc) is 2.95. The predicted molar refractivity (Wildman–Crippen MR) is 70.7 cm³/mol. The Labute approximate surface area is 106 Å². The van der Waals surface area contributed by atoms with Crippen LogP contribution >= 0.6 is 0 Å². The Morgan fingerprint density at radius 3 is 2.47 bits per heavy atom. The topological polar surface area (TPSA) is 20.3 Å². The van der Waals surface area contributed by atoms with Crippen LogP contribution in [0.1, 0.15) is 58.8 Å². The standard InChI is InChI=1S/C15H27NO/c1-3-5-9-16(8-4-2)15(17)14-11-12-6-7-13(14)10-12/h12-14H,3-11H2,1-2H3. The lowest BCUT2D eigenvalue weighted by molar-refractivity contribution is -0.137. The van der Waals surface area contributed by atoms with Crippen LogP contribution in [-0.2, 0) is 4.79 Å². The molecule has 0 aromatic rings. The van der Waals surface area contributed by atoms with E-state index in [1.165, 1.54) is 32.1 Å². The first kappa shape index (κ1) is 12.9. The molecule has 2 fully saturated rings. The summed E-state index contributed by atoms with van der Waals surface area (Å²) in [6, 6.07) is 0. The fraction of sp³-hybridized carbons (Fsp3) is 0.933. The fourth-order valence-electron chi connectivity index (χ4n) is 3.73. The first-order valence-corrected chi connectivity index (χ1v) is 7.55. The van der Waals surface area contributed by atoms with Crippen molar-refractivity contribution in [3.63, 3.8) is 0 Å². The molecule has 2 aliphatic carbocycles. The van der Waals surface area contributed by atoms with Gasteiger partial charge in [0.05, 0.1) is 0 Å². The summed E-state index contributed by atoms with van der Waals surface area (Å²) in [5.41, 5.74) is 0. The van der Waals surface area contributed by atoms with Crippen molar-refractivity contribution >= 4 is 5.91 Å². The van der Waals surface area contributed by atoms with Crippen LogP contribution in [0.15, 0.2) is 0 Å². The summed E-state index contributed by atoms with van der Waals surface area (Å²) >= 11 is 0. The van der Waals surface area contributed by atoms with E-state index in [1.54, 1.807) is 0 Å². The van der Waals surface area contributed by atoms with E-state index in [0.29, 0.717) is 11.8 Å². The van der Waals surface area contributed by atoms with Gasteiger partial charge >= 0.3 is 0 Å². The number of rotatable bonds is 6. The highest BCUT2D eigenvalue weighted by molar-refractivity contribution is 5.79. The number of nitrogens with zero attached hydrogens (tertiary/aromatic N) is 1. The van der Waals surface area contributed by atoms with Gasteiger partial charge in [-0.25, -0.2) is 0 Å². The summed E-state index contributed by atoms with van der Waals surface area (Å²) < 4.78 is 0. The van der Waals surface area contributed by atoms with Gasteiger partial charge in [0.25, 0.3) is 0 Å². The lowest BCUT2D eigenvalue weighted by atomic mass is 9.87. The van der Waals surface area contributed by atoms with Crippen LogP contribution in [0.2, 0.25) is 0 Å². The molecule has 98 valence electrons. The van der Waals surface area contributed by atoms with Gasteiger partial charge in [0, 0.05) is 19.0 Å². The Morgan fingerprint density at radius 1 is 1.12 bits per heavy atom. The van der Waals surface area contributed by atoms with Crippen LogP contribution < -0.4 is 0 Å². The second kappa shape index (κ2) is 5.88. The van der Waals surface area contributed by atoms with Crippen molar-refractivity contribution in [2.24, 2.45) is 17.8 Å². The highest BCUT2D eigenvalue weighted by Gasteiger charge is 2.44. The van der Waals surface area contributed by atoms with E-state index >= 15 is 0 Å². The minimum Gasteiger partial charge on any atom is -0.342 e. The molecule has 0 spiro atoms. The molecule has 2 nitrogen and oxygen atoms in total. The maximum absolute atomic E-state index is 12.6. The third-order valence-electron chi connectivity index (χ3n) is 4.64. The van der Waals surface area contributed by atoms with E-state index in [4.69, 9.17) is 0 Å². The first-order valence-electron chi connectivity index (χ1n) is 7.55. The Morgan fingerprint density at radius 2 is 1.94 bits per heavy atom. The van der Waals surface area contributed by atoms with Crippen LogP contribution in [-0.4, -0.2) is 23.9 Å². The van der Waals surface area contributed by atoms with Crippen LogP contribution in [0, 0.1) is 17.8 Å². The molecular formula is C15H27NO. The molecule has 2 saturated carbocycles. The van der Waals surface area contributed by atoms with Gasteiger partial charge in [0.2, 0.25) is 5.91 Å². The van der Waals surface area contributed by atoms with Gasteiger partial charge in [-0.3, -0.25) is 4.79 Å². The predicted octanol–water partition coefficient (Wildman–Crippen LogP) is 3.46. The maximum atomic E-state index is 12.6. The van der Waals surface area contributed by atoms with Gasteiger partial charge in [-0.05, 0) is 43.9 Å². The summed E-state index contributed by atoms with van der Waals surface area (Å²) in [5, 5.41) is 0. The third-order valence-corrected chi connectivity index (χ3v) is 4.64. The monoisotopic (exact) mass is 237 g/mol. The van der Waals surface area contributed by atoms with Crippen molar-refractivity contribution in [3.05, 3.63) is 0 Å². The molecule has 0 aromatic heterocycles. The second-order valence-corrected chi connectivity index (χ2v) is 5.96.